The van der Waals surface area contributed by atoms with Crippen LogP contribution in [0.1, 0.15) is 296 Å². The second-order valence-electron chi connectivity index (χ2n) is 24.4. The smallest absolute Gasteiger partial charge is 0.361 e. The molecule has 0 bridgehead atoms. The number of carboxylic acid groups (broad SMARTS) is 1. The number of rotatable bonds is 64. The van der Waals surface area contributed by atoms with Gasteiger partial charge in [-0.15, -0.1) is 0 Å². The molecule has 0 radical (unpaired) electrons. The van der Waals surface area contributed by atoms with E-state index in [4.69, 9.17) is 18.9 Å². The highest BCUT2D eigenvalue weighted by Crippen LogP contribution is 2.18. The van der Waals surface area contributed by atoms with Crippen LogP contribution in [0.15, 0.2) is 109 Å². The van der Waals surface area contributed by atoms with Crippen molar-refractivity contribution in [1.82, 2.24) is 0 Å². The molecule has 0 fully saturated rings. The van der Waals surface area contributed by atoms with Gasteiger partial charge in [0.2, 0.25) is 0 Å². The van der Waals surface area contributed by atoms with E-state index < -0.39 is 24.3 Å². The lowest BCUT2D eigenvalue weighted by Crippen LogP contribution is -2.40. The molecule has 0 aliphatic carbocycles. The average Bonchev–Trinajstić information content (AvgIpc) is 3.48. The van der Waals surface area contributed by atoms with Gasteiger partial charge in [-0.25, -0.2) is 4.79 Å². The zero-order valence-electron chi connectivity index (χ0n) is 55.7. The van der Waals surface area contributed by atoms with Crippen molar-refractivity contribution in [3.8, 4) is 0 Å². The van der Waals surface area contributed by atoms with Gasteiger partial charge in [0.25, 0.3) is 6.29 Å². The Hall–Kier alpha value is -4.05. The van der Waals surface area contributed by atoms with Crippen LogP contribution in [0.5, 0.6) is 0 Å². The number of hydrogen-bond acceptors (Lipinski definition) is 7. The van der Waals surface area contributed by atoms with Crippen molar-refractivity contribution in [2.45, 2.75) is 309 Å². The Bertz CT molecular complexity index is 1760. The SMILES string of the molecule is CC/C=C\C/C=C\C/C=C\C/C=C\C/C=C\CCCCCC(=O)OC(COC(=O)CCCCCCCCCCCCCCCCCCCCCCCCCCCCCC/C=C\C/C=C\C/C=C\C/C=C\CC)COC(OCC[N+](C)(C)C)C(=O)O. The summed E-state index contributed by atoms with van der Waals surface area (Å²) in [7, 11) is 5.96. The van der Waals surface area contributed by atoms with E-state index in [1.54, 1.807) is 0 Å². The molecule has 2 atom stereocenters. The predicted molar refractivity (Wildman–Crippen MR) is 364 cm³/mol. The number of ether oxygens (including phenoxy) is 4. The number of quaternary nitrogens is 1. The Morgan fingerprint density at radius 2 is 0.635 bits per heavy atom. The Labute approximate surface area is 524 Å². The fourth-order valence-corrected chi connectivity index (χ4v) is 9.74. The molecule has 0 saturated carbocycles. The van der Waals surface area contributed by atoms with Crippen LogP contribution in [-0.2, 0) is 33.3 Å². The van der Waals surface area contributed by atoms with Gasteiger partial charge >= 0.3 is 17.9 Å². The first-order valence-electron chi connectivity index (χ1n) is 35.1. The minimum Gasteiger partial charge on any atom is -0.477 e. The van der Waals surface area contributed by atoms with E-state index in [2.05, 4.69) is 123 Å². The monoisotopic (exact) mass is 1190 g/mol. The Balaban J connectivity index is 3.98. The minimum absolute atomic E-state index is 0.178. The highest BCUT2D eigenvalue weighted by Gasteiger charge is 2.25. The van der Waals surface area contributed by atoms with Crippen LogP contribution in [0.25, 0.3) is 0 Å². The molecule has 2 unspecified atom stereocenters. The summed E-state index contributed by atoms with van der Waals surface area (Å²) in [6.07, 6.45) is 89.5. The fourth-order valence-electron chi connectivity index (χ4n) is 9.74. The molecule has 0 spiro atoms. The first-order valence-corrected chi connectivity index (χ1v) is 35.1. The lowest BCUT2D eigenvalue weighted by molar-refractivity contribution is -0.870. The second kappa shape index (κ2) is 65.9. The zero-order valence-corrected chi connectivity index (χ0v) is 55.7. The highest BCUT2D eigenvalue weighted by atomic mass is 16.7. The van der Waals surface area contributed by atoms with Gasteiger partial charge in [0.05, 0.1) is 34.4 Å². The maximum atomic E-state index is 12.9. The summed E-state index contributed by atoms with van der Waals surface area (Å²) in [6, 6.07) is 0. The topological polar surface area (TPSA) is 108 Å². The van der Waals surface area contributed by atoms with Crippen molar-refractivity contribution in [2.75, 3.05) is 47.5 Å². The van der Waals surface area contributed by atoms with E-state index >= 15 is 0 Å². The standard InChI is InChI=1S/C76H131NO8/c1-6-8-10-12-14-16-18-20-22-24-26-27-28-29-30-31-32-33-34-35-36-37-38-39-40-41-42-43-44-45-46-47-49-50-52-54-56-58-60-62-64-66-73(78)83-70-72(71-84-76(75(80)81)82-69-68-77(3,4)5)85-74(79)67-65-63-61-59-57-55-53-51-48-25-23-21-19-17-15-13-11-9-7-2/h8-11,14-17,20-23,26-27,48,51,55,57,72,76H,6-7,12-13,18-19,24-25,28-47,49-50,52-54,56,58-71H2,1-5H3/p+1/b10-8-,11-9-,16-14-,17-15-,22-20-,23-21-,27-26-,51-48-,57-55-. The molecule has 0 rings (SSSR count). The van der Waals surface area contributed by atoms with Gasteiger partial charge in [0.15, 0.2) is 6.10 Å². The minimum atomic E-state index is -1.52. The molecule has 0 aliphatic rings. The van der Waals surface area contributed by atoms with Gasteiger partial charge in [-0.2, -0.15) is 0 Å². The number of carbonyl (C=O) groups is 3. The van der Waals surface area contributed by atoms with Gasteiger partial charge < -0.3 is 28.5 Å². The van der Waals surface area contributed by atoms with E-state index in [1.807, 2.05) is 21.1 Å². The van der Waals surface area contributed by atoms with Crippen LogP contribution in [0.4, 0.5) is 0 Å². The molecular formula is C76H132NO8+. The molecule has 0 aromatic carbocycles. The third-order valence-corrected chi connectivity index (χ3v) is 15.0. The third-order valence-electron chi connectivity index (χ3n) is 15.0. The molecule has 1 N–H and O–H groups in total. The van der Waals surface area contributed by atoms with E-state index in [1.165, 1.54) is 167 Å². The summed E-state index contributed by atoms with van der Waals surface area (Å²) in [4.78, 5) is 37.5. The Morgan fingerprint density at radius 1 is 0.353 bits per heavy atom. The van der Waals surface area contributed by atoms with Gasteiger partial charge in [0.1, 0.15) is 13.2 Å². The predicted octanol–water partition coefficient (Wildman–Crippen LogP) is 21.8. The van der Waals surface area contributed by atoms with Gasteiger partial charge in [-0.3, -0.25) is 9.59 Å². The van der Waals surface area contributed by atoms with Gasteiger partial charge in [-0.05, 0) is 96.3 Å². The van der Waals surface area contributed by atoms with Crippen molar-refractivity contribution >= 4 is 17.9 Å². The van der Waals surface area contributed by atoms with Crippen molar-refractivity contribution in [3.05, 3.63) is 109 Å². The fraction of sp³-hybridized carbons (Fsp3) is 0.724. The molecular weight excluding hydrogens is 1050 g/mol. The number of unbranched alkanes of at least 4 members (excludes halogenated alkanes) is 31. The first kappa shape index (κ1) is 81.0. The molecule has 0 aliphatic heterocycles. The van der Waals surface area contributed by atoms with Crippen LogP contribution in [-0.4, -0.2) is 87.4 Å². The molecule has 0 aromatic rings. The molecule has 0 amide bonds. The highest BCUT2D eigenvalue weighted by molar-refractivity contribution is 5.71. The molecule has 0 heterocycles. The summed E-state index contributed by atoms with van der Waals surface area (Å²) < 4.78 is 22.9. The number of hydrogen-bond donors (Lipinski definition) is 1. The summed E-state index contributed by atoms with van der Waals surface area (Å²) in [5, 5.41) is 9.73. The molecule has 0 aromatic heterocycles. The number of carboxylic acids is 1. The summed E-state index contributed by atoms with van der Waals surface area (Å²) >= 11 is 0. The van der Waals surface area contributed by atoms with Gasteiger partial charge in [0, 0.05) is 12.8 Å². The number of aliphatic carboxylic acids is 1. The zero-order chi connectivity index (χ0) is 61.9. The van der Waals surface area contributed by atoms with Crippen LogP contribution >= 0.6 is 0 Å². The van der Waals surface area contributed by atoms with Crippen molar-refractivity contribution in [3.63, 3.8) is 0 Å². The Kier molecular flexibility index (Phi) is 62.8. The van der Waals surface area contributed by atoms with Crippen LogP contribution in [0.2, 0.25) is 0 Å². The first-order chi connectivity index (χ1) is 41.6. The van der Waals surface area contributed by atoms with E-state index in [-0.39, 0.29) is 32.2 Å². The average molecular weight is 1190 g/mol. The molecule has 0 saturated heterocycles. The largest absolute Gasteiger partial charge is 0.477 e. The summed E-state index contributed by atoms with van der Waals surface area (Å²) in [5.41, 5.74) is 0. The third kappa shape index (κ3) is 67.3. The van der Waals surface area contributed by atoms with Crippen LogP contribution < -0.4 is 0 Å². The number of esters is 2. The van der Waals surface area contributed by atoms with Crippen molar-refractivity contribution in [2.24, 2.45) is 0 Å². The maximum Gasteiger partial charge on any atom is 0.361 e. The molecule has 85 heavy (non-hydrogen) atoms. The molecule has 9 nitrogen and oxygen atoms in total. The normalized spacial score (nSPS) is 13.4. The van der Waals surface area contributed by atoms with Crippen LogP contribution in [0, 0.1) is 0 Å². The van der Waals surface area contributed by atoms with E-state index in [9.17, 15) is 19.5 Å². The lowest BCUT2D eigenvalue weighted by atomic mass is 10.0. The second-order valence-corrected chi connectivity index (χ2v) is 24.4. The quantitative estimate of drug-likeness (QED) is 0.0211. The summed E-state index contributed by atoms with van der Waals surface area (Å²) in [6.45, 7) is 4.63. The number of nitrogens with zero attached hydrogens (tertiary/aromatic N) is 1. The Morgan fingerprint density at radius 3 is 0.953 bits per heavy atom. The maximum absolute atomic E-state index is 12.9. The lowest BCUT2D eigenvalue weighted by Gasteiger charge is -2.25. The number of carbonyl (C=O) groups excluding carboxylic acids is 2. The molecule has 488 valence electrons. The summed E-state index contributed by atoms with van der Waals surface area (Å²) in [5.74, 6) is -2.04. The van der Waals surface area contributed by atoms with E-state index in [0.29, 0.717) is 23.9 Å². The molecule has 9 heteroatoms. The van der Waals surface area contributed by atoms with E-state index in [0.717, 1.165) is 96.3 Å². The number of likely N-dealkylation sites (N-methyl/N-ethyl adjacent to an activating group) is 1. The van der Waals surface area contributed by atoms with Crippen LogP contribution in [0.3, 0.4) is 0 Å². The van der Waals surface area contributed by atoms with Crippen molar-refractivity contribution in [1.29, 1.82) is 0 Å². The number of allylic oxidation sites excluding steroid dienone is 18. The van der Waals surface area contributed by atoms with Gasteiger partial charge in [-0.1, -0.05) is 297 Å². The van der Waals surface area contributed by atoms with Crippen molar-refractivity contribution < 1.29 is 42.9 Å².